The van der Waals surface area contributed by atoms with E-state index < -0.39 is 40.1 Å². The van der Waals surface area contributed by atoms with Crippen molar-refractivity contribution >= 4 is 17.3 Å². The summed E-state index contributed by atoms with van der Waals surface area (Å²) in [5.74, 6) is -1.33. The molecule has 0 radical (unpaired) electrons. The van der Waals surface area contributed by atoms with Crippen LogP contribution in [0.3, 0.4) is 0 Å². The lowest BCUT2D eigenvalue weighted by Gasteiger charge is -2.29. The minimum Gasteiger partial charge on any atom is -0.598 e. The number of halogens is 2. The molecule has 1 N–H and O–H groups in total. The van der Waals surface area contributed by atoms with Crippen LogP contribution in [0.4, 0.5) is 8.78 Å². The summed E-state index contributed by atoms with van der Waals surface area (Å²) in [6.45, 7) is 8.33. The average molecular weight is 441 g/mol. The monoisotopic (exact) mass is 440 g/mol. The first kappa shape index (κ1) is 24.0. The lowest BCUT2D eigenvalue weighted by Crippen LogP contribution is -2.46. The first-order chi connectivity index (χ1) is 14.0. The molecule has 2 aromatic rings. The zero-order valence-corrected chi connectivity index (χ0v) is 18.4. The fourth-order valence-electron chi connectivity index (χ4n) is 2.41. The molecule has 0 amide bonds. The van der Waals surface area contributed by atoms with Crippen LogP contribution in [-0.4, -0.2) is 33.0 Å². The third-order valence-electron chi connectivity index (χ3n) is 4.02. The summed E-state index contributed by atoms with van der Waals surface area (Å²) in [4.78, 5) is 16.1. The Labute approximate surface area is 178 Å². The summed E-state index contributed by atoms with van der Waals surface area (Å²) in [6.07, 6.45) is -0.777. The van der Waals surface area contributed by atoms with Gasteiger partial charge in [0.2, 0.25) is 6.17 Å². The predicted octanol–water partition coefficient (Wildman–Crippen LogP) is 4.32. The van der Waals surface area contributed by atoms with E-state index in [0.29, 0.717) is 5.75 Å². The van der Waals surface area contributed by atoms with Crippen molar-refractivity contribution < 1.29 is 27.6 Å². The van der Waals surface area contributed by atoms with Crippen LogP contribution in [0.25, 0.3) is 0 Å². The molecule has 0 saturated heterocycles. The Morgan fingerprint density at radius 1 is 1.27 bits per heavy atom. The summed E-state index contributed by atoms with van der Waals surface area (Å²) >= 11 is -1.78. The van der Waals surface area contributed by atoms with Gasteiger partial charge in [-0.2, -0.15) is 0 Å². The number of esters is 1. The van der Waals surface area contributed by atoms with Crippen LogP contribution in [0.1, 0.15) is 45.0 Å². The maximum atomic E-state index is 15.0. The lowest BCUT2D eigenvalue weighted by atomic mass is 10.0. The van der Waals surface area contributed by atoms with Crippen LogP contribution in [0.5, 0.6) is 11.5 Å². The highest BCUT2D eigenvalue weighted by Crippen LogP contribution is 2.31. The van der Waals surface area contributed by atoms with Crippen molar-refractivity contribution in [2.45, 2.75) is 51.6 Å². The van der Waals surface area contributed by atoms with E-state index in [0.717, 1.165) is 11.8 Å². The van der Waals surface area contributed by atoms with Crippen molar-refractivity contribution in [3.05, 3.63) is 53.6 Å². The topological polar surface area (TPSA) is 83.5 Å². The minimum absolute atomic E-state index is 0.0413. The average Bonchev–Trinajstić information content (AvgIpc) is 2.68. The molecule has 30 heavy (non-hydrogen) atoms. The Bertz CT molecular complexity index is 859. The first-order valence-electron chi connectivity index (χ1n) is 9.41. The van der Waals surface area contributed by atoms with Gasteiger partial charge in [-0.25, -0.2) is 13.6 Å². The zero-order chi connectivity index (χ0) is 22.5. The number of alkyl halides is 1. The number of hydrogen-bond acceptors (Lipinski definition) is 6. The molecule has 6 nitrogen and oxygen atoms in total. The zero-order valence-electron chi connectivity index (χ0n) is 17.6. The van der Waals surface area contributed by atoms with Gasteiger partial charge in [0.1, 0.15) is 28.1 Å². The van der Waals surface area contributed by atoms with E-state index in [2.05, 4.69) is 9.71 Å². The lowest BCUT2D eigenvalue weighted by molar-refractivity contribution is -0.150. The number of pyridine rings is 1. The summed E-state index contributed by atoms with van der Waals surface area (Å²) in [5, 5.41) is 0. The SMILES string of the molecule is CCOC(=O)[C@H](F)[C@@H](N[S+]([O-])C(C)(C)C)c1cc(Oc2ccc(C)nc2)ccc1F. The maximum Gasteiger partial charge on any atom is 0.342 e. The Morgan fingerprint density at radius 3 is 2.50 bits per heavy atom. The second-order valence-corrected chi connectivity index (χ2v) is 9.55. The van der Waals surface area contributed by atoms with Gasteiger partial charge in [0.25, 0.3) is 0 Å². The second kappa shape index (κ2) is 10.2. The Hall–Kier alpha value is -2.23. The van der Waals surface area contributed by atoms with Crippen molar-refractivity contribution in [1.82, 2.24) is 9.71 Å². The van der Waals surface area contributed by atoms with E-state index in [1.54, 1.807) is 32.9 Å². The Balaban J connectivity index is 2.39. The van der Waals surface area contributed by atoms with Crippen molar-refractivity contribution in [2.24, 2.45) is 0 Å². The molecular weight excluding hydrogens is 414 g/mol. The second-order valence-electron chi connectivity index (χ2n) is 7.55. The van der Waals surface area contributed by atoms with Crippen LogP contribution in [0.2, 0.25) is 0 Å². The Morgan fingerprint density at radius 2 is 1.93 bits per heavy atom. The summed E-state index contributed by atoms with van der Waals surface area (Å²) in [6, 6.07) is 5.62. The molecule has 2 rings (SSSR count). The number of rotatable bonds is 8. The number of benzene rings is 1. The van der Waals surface area contributed by atoms with E-state index in [9.17, 15) is 18.1 Å². The molecule has 3 atom stereocenters. The summed E-state index contributed by atoms with van der Waals surface area (Å²) < 4.78 is 54.4. The molecular formula is C21H26F2N2O4S. The van der Waals surface area contributed by atoms with Crippen molar-refractivity contribution in [2.75, 3.05) is 6.61 Å². The molecule has 1 aromatic carbocycles. The van der Waals surface area contributed by atoms with Crippen LogP contribution < -0.4 is 9.46 Å². The van der Waals surface area contributed by atoms with Crippen LogP contribution in [-0.2, 0) is 20.9 Å². The fraction of sp³-hybridized carbons (Fsp3) is 0.429. The van der Waals surface area contributed by atoms with E-state index >= 15 is 0 Å². The van der Waals surface area contributed by atoms with Gasteiger partial charge in [0.05, 0.1) is 12.8 Å². The van der Waals surface area contributed by atoms with Gasteiger partial charge in [-0.1, -0.05) is 0 Å². The number of nitrogens with zero attached hydrogens (tertiary/aromatic N) is 1. The van der Waals surface area contributed by atoms with Crippen LogP contribution in [0, 0.1) is 12.7 Å². The van der Waals surface area contributed by atoms with E-state index in [1.165, 1.54) is 25.3 Å². The first-order valence-corrected chi connectivity index (χ1v) is 10.6. The predicted molar refractivity (Wildman–Crippen MR) is 111 cm³/mol. The van der Waals surface area contributed by atoms with Gasteiger partial charge in [-0.05, 0) is 65.0 Å². The van der Waals surface area contributed by atoms with Crippen molar-refractivity contribution in [3.63, 3.8) is 0 Å². The number of nitrogens with one attached hydrogen (secondary N) is 1. The number of carbonyl (C=O) groups is 1. The van der Waals surface area contributed by atoms with Crippen LogP contribution in [0.15, 0.2) is 36.5 Å². The van der Waals surface area contributed by atoms with Gasteiger partial charge in [0.15, 0.2) is 0 Å². The standard InChI is InChI=1S/C21H26F2N2O4S/c1-6-28-20(26)18(23)19(25-30(27)21(3,4)5)16-11-14(9-10-17(16)22)29-15-8-7-13(2)24-12-15/h7-12,18-19,25H,6H2,1-5H3/t18-,19+,30?/m1/s1. The molecule has 1 unspecified atom stereocenters. The quantitative estimate of drug-likeness (QED) is 0.486. The fourth-order valence-corrected chi connectivity index (χ4v) is 3.24. The van der Waals surface area contributed by atoms with Crippen molar-refractivity contribution in [1.29, 1.82) is 0 Å². The number of aryl methyl sites for hydroxylation is 1. The van der Waals surface area contributed by atoms with Crippen molar-refractivity contribution in [3.8, 4) is 11.5 Å². The number of aromatic nitrogens is 1. The van der Waals surface area contributed by atoms with Gasteiger partial charge in [-0.3, -0.25) is 4.98 Å². The molecule has 0 saturated carbocycles. The highest BCUT2D eigenvalue weighted by molar-refractivity contribution is 7.90. The molecule has 0 fully saturated rings. The largest absolute Gasteiger partial charge is 0.598 e. The minimum atomic E-state index is -2.28. The number of hydrogen-bond donors (Lipinski definition) is 1. The van der Waals surface area contributed by atoms with Gasteiger partial charge in [0, 0.05) is 22.6 Å². The summed E-state index contributed by atoms with van der Waals surface area (Å²) in [7, 11) is 0. The number of ether oxygens (including phenoxy) is 2. The molecule has 0 aliphatic rings. The molecule has 0 aliphatic carbocycles. The molecule has 9 heteroatoms. The Kier molecular flexibility index (Phi) is 8.17. The van der Waals surface area contributed by atoms with Gasteiger partial charge < -0.3 is 14.0 Å². The van der Waals surface area contributed by atoms with E-state index in [1.807, 2.05) is 6.92 Å². The molecule has 0 aliphatic heterocycles. The third kappa shape index (κ3) is 6.38. The van der Waals surface area contributed by atoms with Gasteiger partial charge >= 0.3 is 5.97 Å². The van der Waals surface area contributed by atoms with Gasteiger partial charge in [-0.15, -0.1) is 4.72 Å². The molecule has 1 aromatic heterocycles. The smallest absolute Gasteiger partial charge is 0.342 e. The number of carbonyl (C=O) groups excluding carboxylic acids is 1. The highest BCUT2D eigenvalue weighted by atomic mass is 32.2. The highest BCUT2D eigenvalue weighted by Gasteiger charge is 2.39. The van der Waals surface area contributed by atoms with E-state index in [4.69, 9.17) is 9.47 Å². The maximum absolute atomic E-state index is 15.0. The normalized spacial score (nSPS) is 14.7. The molecule has 0 bridgehead atoms. The van der Waals surface area contributed by atoms with E-state index in [-0.39, 0.29) is 17.9 Å². The van der Waals surface area contributed by atoms with Crippen LogP contribution >= 0.6 is 0 Å². The third-order valence-corrected chi connectivity index (χ3v) is 5.60. The molecule has 1 heterocycles. The summed E-state index contributed by atoms with van der Waals surface area (Å²) in [5.41, 5.74) is 0.594. The molecule has 0 spiro atoms. The molecule has 164 valence electrons.